The fraction of sp³-hybridized carbons (Fsp3) is 0.190. The van der Waals surface area contributed by atoms with Gasteiger partial charge in [0.15, 0.2) is 5.82 Å². The van der Waals surface area contributed by atoms with Gasteiger partial charge in [-0.2, -0.15) is 5.26 Å². The molecule has 2 heterocycles. The predicted molar refractivity (Wildman–Crippen MR) is 193 cm³/mol. The van der Waals surface area contributed by atoms with Crippen LogP contribution in [-0.2, 0) is 0 Å². The van der Waals surface area contributed by atoms with E-state index < -0.39 is 0 Å². The highest BCUT2D eigenvalue weighted by atomic mass is 15.0. The van der Waals surface area contributed by atoms with Crippen LogP contribution in [0.15, 0.2) is 78.9 Å². The van der Waals surface area contributed by atoms with Gasteiger partial charge in [-0.15, -0.1) is 0 Å². The van der Waals surface area contributed by atoms with Gasteiger partial charge in [0.25, 0.3) is 0 Å². The SMILES string of the molecule is Cc1cc(C)c(-c2ccc3c4ccc(-c5c(C)cc(C)cc5C)cc4n(-c4cc(C#N)ccc4-c4nc(C)nc(C)n4)c3c2)c(C)c1. The summed E-state index contributed by atoms with van der Waals surface area (Å²) in [5.74, 6) is 1.91. The molecule has 0 N–H and O–H groups in total. The summed E-state index contributed by atoms with van der Waals surface area (Å²) in [6.07, 6.45) is 0. The van der Waals surface area contributed by atoms with Crippen molar-refractivity contribution in [2.24, 2.45) is 0 Å². The first-order chi connectivity index (χ1) is 22.5. The quantitative estimate of drug-likeness (QED) is 0.199. The van der Waals surface area contributed by atoms with Crippen molar-refractivity contribution < 1.29 is 0 Å². The molecule has 0 aliphatic rings. The van der Waals surface area contributed by atoms with Crippen LogP contribution < -0.4 is 0 Å². The van der Waals surface area contributed by atoms with Crippen LogP contribution in [0.25, 0.3) is 61.1 Å². The second-order valence-corrected chi connectivity index (χ2v) is 12.9. The van der Waals surface area contributed by atoms with Crippen LogP contribution in [0.2, 0.25) is 0 Å². The normalized spacial score (nSPS) is 11.4. The van der Waals surface area contributed by atoms with Crippen molar-refractivity contribution in [1.82, 2.24) is 19.5 Å². The Morgan fingerprint density at radius 3 is 1.45 bits per heavy atom. The molecular weight excluding hydrogens is 574 g/mol. The number of hydrogen-bond donors (Lipinski definition) is 0. The van der Waals surface area contributed by atoms with E-state index in [9.17, 15) is 5.26 Å². The highest BCUT2D eigenvalue weighted by molar-refractivity contribution is 6.11. The molecule has 5 aromatic carbocycles. The van der Waals surface area contributed by atoms with Crippen LogP contribution in [0.5, 0.6) is 0 Å². The van der Waals surface area contributed by atoms with Gasteiger partial charge in [0.1, 0.15) is 11.6 Å². The first-order valence-corrected chi connectivity index (χ1v) is 16.0. The van der Waals surface area contributed by atoms with E-state index in [1.54, 1.807) is 0 Å². The van der Waals surface area contributed by atoms with E-state index >= 15 is 0 Å². The van der Waals surface area contributed by atoms with E-state index in [0.29, 0.717) is 23.0 Å². The number of rotatable bonds is 4. The van der Waals surface area contributed by atoms with Crippen molar-refractivity contribution in [1.29, 1.82) is 5.26 Å². The van der Waals surface area contributed by atoms with Gasteiger partial charge in [0.2, 0.25) is 0 Å². The van der Waals surface area contributed by atoms with Crippen LogP contribution in [0.1, 0.15) is 50.6 Å². The zero-order chi connectivity index (χ0) is 33.1. The van der Waals surface area contributed by atoms with Crippen LogP contribution in [-0.4, -0.2) is 19.5 Å². The monoisotopic (exact) mass is 611 g/mol. The largest absolute Gasteiger partial charge is 0.308 e. The third-order valence-corrected chi connectivity index (χ3v) is 9.17. The number of nitriles is 1. The maximum Gasteiger partial charge on any atom is 0.165 e. The average Bonchev–Trinajstić information content (AvgIpc) is 3.32. The van der Waals surface area contributed by atoms with Crippen molar-refractivity contribution >= 4 is 21.8 Å². The third kappa shape index (κ3) is 5.16. The molecule has 0 bridgehead atoms. The molecule has 0 atom stereocenters. The molecule has 0 amide bonds. The maximum atomic E-state index is 10.1. The lowest BCUT2D eigenvalue weighted by Gasteiger charge is -2.16. The molecule has 2 aromatic heterocycles. The number of fused-ring (bicyclic) bond motifs is 3. The summed E-state index contributed by atoms with van der Waals surface area (Å²) >= 11 is 0. The van der Waals surface area contributed by atoms with Gasteiger partial charge in [-0.25, -0.2) is 15.0 Å². The summed E-state index contributed by atoms with van der Waals surface area (Å²) < 4.78 is 2.31. The Morgan fingerprint density at radius 1 is 0.532 bits per heavy atom. The van der Waals surface area contributed by atoms with Gasteiger partial charge in [-0.05, 0) is 130 Å². The minimum Gasteiger partial charge on any atom is -0.308 e. The fourth-order valence-corrected chi connectivity index (χ4v) is 7.57. The fourth-order valence-electron chi connectivity index (χ4n) is 7.57. The molecule has 0 radical (unpaired) electrons. The Bertz CT molecular complexity index is 2270. The molecule has 0 fully saturated rings. The number of nitrogens with zero attached hydrogens (tertiary/aromatic N) is 5. The number of aryl methyl sites for hydroxylation is 8. The van der Waals surface area contributed by atoms with E-state index in [1.807, 2.05) is 32.0 Å². The molecule has 5 heteroatoms. The Hall–Kier alpha value is -5.60. The lowest BCUT2D eigenvalue weighted by Crippen LogP contribution is -2.04. The second kappa shape index (κ2) is 11.3. The smallest absolute Gasteiger partial charge is 0.165 e. The predicted octanol–water partition coefficient (Wildman–Crippen LogP) is 10.3. The van der Waals surface area contributed by atoms with Crippen LogP contribution in [0.4, 0.5) is 0 Å². The Balaban J connectivity index is 1.62. The standard InChI is InChI=1S/C42H37N5/c1-23-15-25(3)40(26(4)16-23)32-10-13-34-35-14-11-33(41-27(5)17-24(2)18-28(41)6)21-39(35)47(38(34)20-32)37-19-31(22-43)9-12-36(37)42-45-29(7)44-30(8)46-42/h9-21H,1-8H3. The van der Waals surface area contributed by atoms with Crippen molar-refractivity contribution in [2.45, 2.75) is 55.4 Å². The topological polar surface area (TPSA) is 67.4 Å². The number of aromatic nitrogens is 4. The Morgan fingerprint density at radius 2 is 1.00 bits per heavy atom. The summed E-state index contributed by atoms with van der Waals surface area (Å²) in [4.78, 5) is 14.0. The number of hydrogen-bond acceptors (Lipinski definition) is 4. The molecule has 5 nitrogen and oxygen atoms in total. The van der Waals surface area contributed by atoms with Gasteiger partial charge < -0.3 is 4.57 Å². The van der Waals surface area contributed by atoms with Gasteiger partial charge in [0.05, 0.1) is 28.4 Å². The molecular formula is C42H37N5. The molecule has 0 unspecified atom stereocenters. The highest BCUT2D eigenvalue weighted by Gasteiger charge is 2.21. The molecule has 0 aliphatic carbocycles. The summed E-state index contributed by atoms with van der Waals surface area (Å²) in [5.41, 5.74) is 16.7. The van der Waals surface area contributed by atoms with Crippen molar-refractivity contribution in [3.8, 4) is 45.4 Å². The molecule has 0 spiro atoms. The molecule has 0 aliphatic heterocycles. The van der Waals surface area contributed by atoms with E-state index in [2.05, 4.69) is 118 Å². The first-order valence-electron chi connectivity index (χ1n) is 16.0. The molecule has 230 valence electrons. The molecule has 7 aromatic rings. The minimum atomic E-state index is 0.573. The number of benzene rings is 5. The summed E-state index contributed by atoms with van der Waals surface area (Å²) in [5, 5.41) is 12.4. The summed E-state index contributed by atoms with van der Waals surface area (Å²) in [7, 11) is 0. The van der Waals surface area contributed by atoms with Crippen LogP contribution in [0, 0.1) is 66.7 Å². The van der Waals surface area contributed by atoms with E-state index in [0.717, 1.165) is 44.2 Å². The van der Waals surface area contributed by atoms with Gasteiger partial charge in [0, 0.05) is 16.3 Å². The molecule has 7 rings (SSSR count). The second-order valence-electron chi connectivity index (χ2n) is 12.9. The van der Waals surface area contributed by atoms with E-state index in [4.69, 9.17) is 9.97 Å². The van der Waals surface area contributed by atoms with Crippen molar-refractivity contribution in [2.75, 3.05) is 0 Å². The van der Waals surface area contributed by atoms with Gasteiger partial charge in [-0.1, -0.05) is 59.7 Å². The summed E-state index contributed by atoms with van der Waals surface area (Å²) in [6, 6.07) is 30.7. The molecule has 0 saturated heterocycles. The zero-order valence-electron chi connectivity index (χ0n) is 28.2. The van der Waals surface area contributed by atoms with Crippen LogP contribution >= 0.6 is 0 Å². The minimum absolute atomic E-state index is 0.573. The van der Waals surface area contributed by atoms with E-state index in [1.165, 1.54) is 44.5 Å². The van der Waals surface area contributed by atoms with Gasteiger partial charge in [-0.3, -0.25) is 0 Å². The average molecular weight is 612 g/mol. The molecule has 0 saturated carbocycles. The summed E-state index contributed by atoms with van der Waals surface area (Å²) in [6.45, 7) is 16.8. The van der Waals surface area contributed by atoms with Crippen LogP contribution in [0.3, 0.4) is 0 Å². The van der Waals surface area contributed by atoms with Crippen molar-refractivity contribution in [3.63, 3.8) is 0 Å². The lowest BCUT2D eigenvalue weighted by molar-refractivity contribution is 0.926. The maximum absolute atomic E-state index is 10.1. The Labute approximate surface area is 276 Å². The third-order valence-electron chi connectivity index (χ3n) is 9.17. The Kier molecular flexibility index (Phi) is 7.25. The zero-order valence-corrected chi connectivity index (χ0v) is 28.2. The molecule has 47 heavy (non-hydrogen) atoms. The van der Waals surface area contributed by atoms with E-state index in [-0.39, 0.29) is 0 Å². The van der Waals surface area contributed by atoms with Crippen molar-refractivity contribution in [3.05, 3.63) is 129 Å². The highest BCUT2D eigenvalue weighted by Crippen LogP contribution is 2.41. The lowest BCUT2D eigenvalue weighted by atomic mass is 9.92. The first kappa shape index (κ1) is 30.1. The van der Waals surface area contributed by atoms with Gasteiger partial charge >= 0.3 is 0 Å².